The van der Waals surface area contributed by atoms with Crippen molar-refractivity contribution in [2.75, 3.05) is 11.9 Å². The number of benzene rings is 2. The molecule has 2 heterocycles. The van der Waals surface area contributed by atoms with Gasteiger partial charge in [0.2, 0.25) is 10.1 Å². The molecule has 0 saturated heterocycles. The molecule has 2 aromatic carbocycles. The largest absolute Gasteiger partial charge is 0.387 e. The van der Waals surface area contributed by atoms with Gasteiger partial charge in [-0.2, -0.15) is 0 Å². The first kappa shape index (κ1) is 17.0. The van der Waals surface area contributed by atoms with Crippen LogP contribution in [-0.2, 0) is 0 Å². The van der Waals surface area contributed by atoms with Crippen LogP contribution in [0.2, 0.25) is 5.02 Å². The van der Waals surface area contributed by atoms with Gasteiger partial charge in [-0.25, -0.2) is 13.9 Å². The Labute approximate surface area is 157 Å². The van der Waals surface area contributed by atoms with Gasteiger partial charge in [0.15, 0.2) is 0 Å². The first-order valence-electron chi connectivity index (χ1n) is 7.88. The molecule has 2 aromatic heterocycles. The van der Waals surface area contributed by atoms with Gasteiger partial charge in [0, 0.05) is 17.1 Å². The van der Waals surface area contributed by atoms with Crippen molar-refractivity contribution < 1.29 is 9.50 Å². The van der Waals surface area contributed by atoms with Crippen molar-refractivity contribution in [1.29, 1.82) is 0 Å². The van der Waals surface area contributed by atoms with Gasteiger partial charge in [0.05, 0.1) is 18.0 Å². The van der Waals surface area contributed by atoms with Crippen molar-refractivity contribution in [3.63, 3.8) is 0 Å². The zero-order valence-electron chi connectivity index (χ0n) is 13.4. The normalized spacial score (nSPS) is 12.4. The van der Waals surface area contributed by atoms with Crippen LogP contribution in [0.1, 0.15) is 11.7 Å². The molecule has 8 heteroatoms. The topological polar surface area (TPSA) is 62.5 Å². The standard InChI is InChI=1S/C18H14ClFN4OS/c19-13-5-1-12(2-6-13)16(25)9-21-17-23-24-10-15(22-18(24)26-17)11-3-7-14(20)8-4-11/h1-8,10,16,25H,9H2,(H,21,23). The molecule has 1 atom stereocenters. The summed E-state index contributed by atoms with van der Waals surface area (Å²) in [7, 11) is 0. The minimum atomic E-state index is -0.668. The number of nitrogens with one attached hydrogen (secondary N) is 1. The highest BCUT2D eigenvalue weighted by molar-refractivity contribution is 7.20. The van der Waals surface area contributed by atoms with E-state index in [2.05, 4.69) is 15.4 Å². The third-order valence-electron chi connectivity index (χ3n) is 3.88. The third-order valence-corrected chi connectivity index (χ3v) is 5.02. The lowest BCUT2D eigenvalue weighted by Gasteiger charge is -2.11. The smallest absolute Gasteiger partial charge is 0.214 e. The number of fused-ring (bicyclic) bond motifs is 1. The number of aliphatic hydroxyl groups excluding tert-OH is 1. The second-order valence-corrected chi connectivity index (χ2v) is 7.11. The molecule has 0 fully saturated rings. The van der Waals surface area contributed by atoms with Crippen LogP contribution in [0.4, 0.5) is 9.52 Å². The summed E-state index contributed by atoms with van der Waals surface area (Å²) in [5.74, 6) is -0.279. The fourth-order valence-electron chi connectivity index (χ4n) is 2.52. The molecule has 0 saturated carbocycles. The number of aromatic nitrogens is 3. The molecule has 132 valence electrons. The van der Waals surface area contributed by atoms with E-state index in [0.29, 0.717) is 21.7 Å². The average Bonchev–Trinajstić information content (AvgIpc) is 3.19. The molecule has 0 aliphatic carbocycles. The van der Waals surface area contributed by atoms with Crippen LogP contribution in [0.5, 0.6) is 0 Å². The predicted molar refractivity (Wildman–Crippen MR) is 101 cm³/mol. The van der Waals surface area contributed by atoms with E-state index in [4.69, 9.17) is 11.6 Å². The number of hydrogen-bond donors (Lipinski definition) is 2. The highest BCUT2D eigenvalue weighted by Crippen LogP contribution is 2.25. The Bertz CT molecular complexity index is 998. The van der Waals surface area contributed by atoms with Gasteiger partial charge in [-0.1, -0.05) is 35.1 Å². The van der Waals surface area contributed by atoms with Crippen molar-refractivity contribution >= 4 is 33.0 Å². The van der Waals surface area contributed by atoms with Crippen molar-refractivity contribution in [3.05, 3.63) is 71.1 Å². The van der Waals surface area contributed by atoms with E-state index in [9.17, 15) is 9.50 Å². The number of hydrogen-bond acceptors (Lipinski definition) is 5. The van der Waals surface area contributed by atoms with Gasteiger partial charge in [-0.15, -0.1) is 5.10 Å². The summed E-state index contributed by atoms with van der Waals surface area (Å²) in [6.07, 6.45) is 1.12. The zero-order valence-corrected chi connectivity index (χ0v) is 15.0. The van der Waals surface area contributed by atoms with Crippen LogP contribution in [0.25, 0.3) is 16.2 Å². The molecule has 4 rings (SSSR count). The molecule has 26 heavy (non-hydrogen) atoms. The van der Waals surface area contributed by atoms with Crippen LogP contribution in [-0.4, -0.2) is 26.2 Å². The van der Waals surface area contributed by atoms with Gasteiger partial charge < -0.3 is 10.4 Å². The molecule has 0 bridgehead atoms. The molecule has 1 unspecified atom stereocenters. The van der Waals surface area contributed by atoms with E-state index in [1.165, 1.54) is 23.5 Å². The minimum absolute atomic E-state index is 0.279. The molecule has 2 N–H and O–H groups in total. The molecular formula is C18H14ClFN4OS. The fraction of sp³-hybridized carbons (Fsp3) is 0.111. The van der Waals surface area contributed by atoms with Gasteiger partial charge in [-0.05, 0) is 42.0 Å². The van der Waals surface area contributed by atoms with Crippen LogP contribution < -0.4 is 5.32 Å². The lowest BCUT2D eigenvalue weighted by Crippen LogP contribution is -2.12. The summed E-state index contributed by atoms with van der Waals surface area (Å²) in [6.45, 7) is 0.323. The Kier molecular flexibility index (Phi) is 4.58. The fourth-order valence-corrected chi connectivity index (χ4v) is 3.43. The molecule has 0 radical (unpaired) electrons. The van der Waals surface area contributed by atoms with E-state index in [1.807, 2.05) is 0 Å². The van der Waals surface area contributed by atoms with E-state index >= 15 is 0 Å². The Morgan fingerprint density at radius 3 is 2.58 bits per heavy atom. The van der Waals surface area contributed by atoms with E-state index in [-0.39, 0.29) is 5.82 Å². The van der Waals surface area contributed by atoms with Gasteiger partial charge in [0.25, 0.3) is 0 Å². The van der Waals surface area contributed by atoms with Crippen molar-refractivity contribution in [2.45, 2.75) is 6.10 Å². The highest BCUT2D eigenvalue weighted by atomic mass is 35.5. The first-order chi connectivity index (χ1) is 12.6. The minimum Gasteiger partial charge on any atom is -0.387 e. The maximum atomic E-state index is 13.0. The Balaban J connectivity index is 1.45. The average molecular weight is 389 g/mol. The summed E-state index contributed by atoms with van der Waals surface area (Å²) in [4.78, 5) is 5.22. The second kappa shape index (κ2) is 7.03. The van der Waals surface area contributed by atoms with E-state index in [1.54, 1.807) is 47.1 Å². The first-order valence-corrected chi connectivity index (χ1v) is 9.07. The maximum Gasteiger partial charge on any atom is 0.214 e. The number of anilines is 1. The lowest BCUT2D eigenvalue weighted by molar-refractivity contribution is 0.191. The summed E-state index contributed by atoms with van der Waals surface area (Å²) >= 11 is 7.23. The van der Waals surface area contributed by atoms with Crippen LogP contribution in [0, 0.1) is 5.82 Å². The van der Waals surface area contributed by atoms with E-state index < -0.39 is 6.10 Å². The van der Waals surface area contributed by atoms with E-state index in [0.717, 1.165) is 16.8 Å². The molecule has 0 spiro atoms. The number of rotatable bonds is 5. The molecular weight excluding hydrogens is 375 g/mol. The van der Waals surface area contributed by atoms with Gasteiger partial charge >= 0.3 is 0 Å². The quantitative estimate of drug-likeness (QED) is 0.532. The third kappa shape index (κ3) is 3.55. The second-order valence-electron chi connectivity index (χ2n) is 5.72. The predicted octanol–water partition coefficient (Wildman–Crippen LogP) is 4.40. The monoisotopic (exact) mass is 388 g/mol. The summed E-state index contributed by atoms with van der Waals surface area (Å²) in [5.41, 5.74) is 2.34. The summed E-state index contributed by atoms with van der Waals surface area (Å²) in [6, 6.07) is 13.2. The number of imidazole rings is 1. The van der Waals surface area contributed by atoms with Gasteiger partial charge in [0.1, 0.15) is 5.82 Å². The Morgan fingerprint density at radius 1 is 1.15 bits per heavy atom. The van der Waals surface area contributed by atoms with Crippen LogP contribution in [0.15, 0.2) is 54.7 Å². The summed E-state index contributed by atoms with van der Waals surface area (Å²) in [5, 5.41) is 19.0. The highest BCUT2D eigenvalue weighted by Gasteiger charge is 2.12. The van der Waals surface area contributed by atoms with Crippen molar-refractivity contribution in [3.8, 4) is 11.3 Å². The number of halogens is 2. The molecule has 5 nitrogen and oxygen atoms in total. The lowest BCUT2D eigenvalue weighted by atomic mass is 10.1. The van der Waals surface area contributed by atoms with Gasteiger partial charge in [-0.3, -0.25) is 0 Å². The van der Waals surface area contributed by atoms with Crippen LogP contribution in [0.3, 0.4) is 0 Å². The maximum absolute atomic E-state index is 13.0. The Morgan fingerprint density at radius 2 is 1.88 bits per heavy atom. The summed E-state index contributed by atoms with van der Waals surface area (Å²) < 4.78 is 14.7. The SMILES string of the molecule is OC(CNc1nn2cc(-c3ccc(F)cc3)nc2s1)c1ccc(Cl)cc1. The molecule has 4 aromatic rings. The zero-order chi connectivity index (χ0) is 18.1. The molecule has 0 aliphatic heterocycles. The molecule has 0 amide bonds. The van der Waals surface area contributed by atoms with Crippen molar-refractivity contribution in [1.82, 2.24) is 14.6 Å². The number of aliphatic hydroxyl groups is 1. The molecule has 0 aliphatic rings. The van der Waals surface area contributed by atoms with Crippen LogP contribution >= 0.6 is 22.9 Å². The van der Waals surface area contributed by atoms with Crippen molar-refractivity contribution in [2.24, 2.45) is 0 Å². The number of nitrogens with zero attached hydrogens (tertiary/aromatic N) is 3. The Hall–Kier alpha value is -2.48.